The number of hydrazine groups is 1. The fourth-order valence-electron chi connectivity index (χ4n) is 2.76. The number of amides is 2. The van der Waals surface area contributed by atoms with Gasteiger partial charge < -0.3 is 26.2 Å². The number of anilines is 1. The van der Waals surface area contributed by atoms with Crippen LogP contribution in [0.5, 0.6) is 0 Å². The molecule has 0 saturated carbocycles. The number of guanidine groups is 1. The highest BCUT2D eigenvalue weighted by Crippen LogP contribution is 2.12. The van der Waals surface area contributed by atoms with E-state index in [1.165, 1.54) is 24.3 Å². The molecule has 0 aliphatic rings. The summed E-state index contributed by atoms with van der Waals surface area (Å²) >= 11 is 0. The second kappa shape index (κ2) is 13.0. The fourth-order valence-corrected chi connectivity index (χ4v) is 2.76. The summed E-state index contributed by atoms with van der Waals surface area (Å²) in [6.45, 7) is 0.0424. The Bertz CT molecular complexity index is 1040. The molecule has 6 N–H and O–H groups in total. The summed E-state index contributed by atoms with van der Waals surface area (Å²) in [7, 11) is 0. The molecule has 0 bridgehead atoms. The van der Waals surface area contributed by atoms with Gasteiger partial charge in [0, 0.05) is 12.2 Å². The molecule has 0 unspecified atom stereocenters. The molecule has 0 saturated heterocycles. The average molecular weight is 472 g/mol. The van der Waals surface area contributed by atoms with Crippen molar-refractivity contribution in [1.82, 2.24) is 10.7 Å². The van der Waals surface area contributed by atoms with Crippen LogP contribution in [-0.2, 0) is 16.1 Å². The van der Waals surface area contributed by atoms with Gasteiger partial charge in [-0.15, -0.1) is 0 Å². The van der Waals surface area contributed by atoms with Crippen LogP contribution in [0.25, 0.3) is 0 Å². The van der Waals surface area contributed by atoms with E-state index in [0.717, 1.165) is 5.56 Å². The number of carboxylic acid groups (broad SMARTS) is 1. The summed E-state index contributed by atoms with van der Waals surface area (Å²) < 4.78 is 5.16. The smallest absolute Gasteiger partial charge is 0.408 e. The summed E-state index contributed by atoms with van der Waals surface area (Å²) in [5.74, 6) is -2.17. The van der Waals surface area contributed by atoms with Crippen LogP contribution in [0.3, 0.4) is 0 Å². The van der Waals surface area contributed by atoms with Crippen molar-refractivity contribution in [3.63, 3.8) is 0 Å². The number of nitro groups is 1. The number of aromatic carboxylic acids is 1. The minimum absolute atomic E-state index is 0.00490. The third-order valence-electron chi connectivity index (χ3n) is 4.34. The number of ether oxygens (including phenoxy) is 1. The number of nitrogens with two attached hydrogens (primary N) is 1. The normalized spacial score (nSPS) is 11.7. The van der Waals surface area contributed by atoms with Crippen molar-refractivity contribution in [2.45, 2.75) is 25.5 Å². The number of rotatable bonds is 11. The largest absolute Gasteiger partial charge is 0.478 e. The van der Waals surface area contributed by atoms with E-state index in [4.69, 9.17) is 15.6 Å². The zero-order valence-electron chi connectivity index (χ0n) is 18.0. The highest BCUT2D eigenvalue weighted by atomic mass is 16.7. The van der Waals surface area contributed by atoms with E-state index < -0.39 is 35.0 Å². The quantitative estimate of drug-likeness (QED) is 0.106. The summed E-state index contributed by atoms with van der Waals surface area (Å²) in [6.07, 6.45) is -0.492. The standard InChI is InChI=1S/C21H24N6O7/c22-20(26-27(32)33)23-11-5-10-17(25-21(31)34-13-14-6-2-1-3-7-14)18(28)24-16-9-4-8-15(12-16)19(29)30/h1-4,6-9,12,17H,5,10-11,13H2,(H,24,28)(H,25,31)(H,29,30)(H3,22,23,26)/t17-/m0/s1. The molecular weight excluding hydrogens is 448 g/mol. The second-order valence-corrected chi connectivity index (χ2v) is 6.91. The van der Waals surface area contributed by atoms with E-state index in [9.17, 15) is 24.5 Å². The molecule has 0 aliphatic carbocycles. The van der Waals surface area contributed by atoms with Crippen molar-refractivity contribution in [2.24, 2.45) is 10.7 Å². The van der Waals surface area contributed by atoms with Gasteiger partial charge in [0.1, 0.15) is 12.6 Å². The van der Waals surface area contributed by atoms with Gasteiger partial charge in [0.15, 0.2) is 5.03 Å². The number of benzene rings is 2. The molecule has 1 atom stereocenters. The molecule has 2 amide bonds. The number of hydrogen-bond donors (Lipinski definition) is 5. The van der Waals surface area contributed by atoms with Crippen LogP contribution >= 0.6 is 0 Å². The van der Waals surface area contributed by atoms with Crippen molar-refractivity contribution in [2.75, 3.05) is 11.9 Å². The van der Waals surface area contributed by atoms with Crippen molar-refractivity contribution in [1.29, 1.82) is 0 Å². The Morgan fingerprint density at radius 1 is 1.15 bits per heavy atom. The van der Waals surface area contributed by atoms with E-state index >= 15 is 0 Å². The van der Waals surface area contributed by atoms with Crippen LogP contribution in [0.15, 0.2) is 59.6 Å². The van der Waals surface area contributed by atoms with Crippen LogP contribution in [0.1, 0.15) is 28.8 Å². The molecule has 0 spiro atoms. The lowest BCUT2D eigenvalue weighted by atomic mass is 10.1. The number of nitrogens with one attached hydrogen (secondary N) is 3. The van der Waals surface area contributed by atoms with E-state index in [-0.39, 0.29) is 37.2 Å². The molecular formula is C21H24N6O7. The number of nitrogens with zero attached hydrogens (tertiary/aromatic N) is 2. The zero-order chi connectivity index (χ0) is 24.9. The van der Waals surface area contributed by atoms with Crippen molar-refractivity contribution >= 4 is 29.6 Å². The minimum atomic E-state index is -1.16. The van der Waals surface area contributed by atoms with Crippen LogP contribution in [-0.4, -0.2) is 46.7 Å². The molecule has 0 aliphatic heterocycles. The Morgan fingerprint density at radius 3 is 2.56 bits per heavy atom. The second-order valence-electron chi connectivity index (χ2n) is 6.91. The first-order valence-electron chi connectivity index (χ1n) is 10.1. The number of carbonyl (C=O) groups excluding carboxylic acids is 2. The summed E-state index contributed by atoms with van der Waals surface area (Å²) in [4.78, 5) is 50.3. The van der Waals surface area contributed by atoms with Gasteiger partial charge in [0.25, 0.3) is 5.96 Å². The number of hydrogen-bond acceptors (Lipinski definition) is 7. The van der Waals surface area contributed by atoms with Crippen molar-refractivity contribution < 1.29 is 29.3 Å². The van der Waals surface area contributed by atoms with Gasteiger partial charge in [-0.25, -0.2) is 24.7 Å². The first-order chi connectivity index (χ1) is 16.2. The van der Waals surface area contributed by atoms with Crippen LogP contribution in [0.4, 0.5) is 10.5 Å². The number of carbonyl (C=O) groups is 3. The Hall–Kier alpha value is -4.68. The topological polar surface area (TPSA) is 198 Å². The highest BCUT2D eigenvalue weighted by Gasteiger charge is 2.22. The zero-order valence-corrected chi connectivity index (χ0v) is 18.0. The highest BCUT2D eigenvalue weighted by molar-refractivity contribution is 5.97. The maximum atomic E-state index is 12.8. The van der Waals surface area contributed by atoms with Gasteiger partial charge in [-0.2, -0.15) is 0 Å². The predicted octanol–water partition coefficient (Wildman–Crippen LogP) is 1.49. The van der Waals surface area contributed by atoms with Crippen LogP contribution in [0.2, 0.25) is 0 Å². The summed E-state index contributed by atoms with van der Waals surface area (Å²) in [6, 6.07) is 13.5. The average Bonchev–Trinajstić information content (AvgIpc) is 2.80. The van der Waals surface area contributed by atoms with E-state index in [2.05, 4.69) is 15.6 Å². The summed E-state index contributed by atoms with van der Waals surface area (Å²) in [5, 5.41) is 23.6. The summed E-state index contributed by atoms with van der Waals surface area (Å²) in [5.41, 5.74) is 8.01. The SMILES string of the molecule is NC(=NCCC[C@H](NC(=O)OCc1ccccc1)C(=O)Nc1cccc(C(=O)O)c1)N[N+](=O)[O-]. The maximum absolute atomic E-state index is 12.8. The number of aliphatic imine (C=N–C) groups is 1. The molecule has 2 aromatic carbocycles. The van der Waals surface area contributed by atoms with E-state index in [0.29, 0.717) is 0 Å². The first-order valence-corrected chi connectivity index (χ1v) is 10.1. The fraction of sp³-hybridized carbons (Fsp3) is 0.238. The minimum Gasteiger partial charge on any atom is -0.478 e. The Kier molecular flexibility index (Phi) is 9.78. The lowest BCUT2D eigenvalue weighted by Crippen LogP contribution is -2.44. The number of carboxylic acids is 1. The third kappa shape index (κ3) is 9.21. The molecule has 0 fully saturated rings. The molecule has 34 heavy (non-hydrogen) atoms. The van der Waals surface area contributed by atoms with Gasteiger partial charge in [0.2, 0.25) is 5.91 Å². The van der Waals surface area contributed by atoms with Gasteiger partial charge in [-0.05, 0) is 36.6 Å². The lowest BCUT2D eigenvalue weighted by molar-refractivity contribution is -0.525. The Labute approximate surface area is 194 Å². The van der Waals surface area contributed by atoms with Gasteiger partial charge in [-0.3, -0.25) is 4.79 Å². The Balaban J connectivity index is 2.01. The van der Waals surface area contributed by atoms with Gasteiger partial charge in [-0.1, -0.05) is 41.8 Å². The Morgan fingerprint density at radius 2 is 1.88 bits per heavy atom. The molecule has 0 aromatic heterocycles. The molecule has 13 nitrogen and oxygen atoms in total. The molecule has 0 heterocycles. The monoisotopic (exact) mass is 472 g/mol. The molecule has 13 heteroatoms. The molecule has 2 aromatic rings. The predicted molar refractivity (Wildman–Crippen MR) is 121 cm³/mol. The third-order valence-corrected chi connectivity index (χ3v) is 4.34. The molecule has 0 radical (unpaired) electrons. The molecule has 2 rings (SSSR count). The van der Waals surface area contributed by atoms with E-state index in [1.807, 2.05) is 6.07 Å². The van der Waals surface area contributed by atoms with Gasteiger partial charge in [0.05, 0.1) is 5.56 Å². The number of alkyl carbamates (subject to hydrolysis) is 1. The van der Waals surface area contributed by atoms with Crippen molar-refractivity contribution in [3.05, 3.63) is 75.8 Å². The molecule has 180 valence electrons. The van der Waals surface area contributed by atoms with Crippen LogP contribution in [0, 0.1) is 10.1 Å². The maximum Gasteiger partial charge on any atom is 0.408 e. The first kappa shape index (κ1) is 25.6. The van der Waals surface area contributed by atoms with Crippen molar-refractivity contribution in [3.8, 4) is 0 Å². The lowest BCUT2D eigenvalue weighted by Gasteiger charge is -2.18. The van der Waals surface area contributed by atoms with Gasteiger partial charge >= 0.3 is 12.1 Å². The van der Waals surface area contributed by atoms with Crippen LogP contribution < -0.4 is 21.8 Å². The van der Waals surface area contributed by atoms with E-state index in [1.54, 1.807) is 29.7 Å².